The third-order valence-electron chi connectivity index (χ3n) is 3.08. The largest absolute Gasteiger partial charge is 0.352 e. The first kappa shape index (κ1) is 13.0. The van der Waals surface area contributed by atoms with Gasteiger partial charge in [-0.05, 0) is 29.8 Å². The van der Waals surface area contributed by atoms with Gasteiger partial charge in [0.05, 0.1) is 5.69 Å². The van der Waals surface area contributed by atoms with Crippen molar-refractivity contribution in [3.8, 4) is 16.9 Å². The second-order valence-corrected chi connectivity index (χ2v) is 4.54. The number of aromatic nitrogens is 1. The van der Waals surface area contributed by atoms with Crippen LogP contribution in [0.4, 0.5) is 4.79 Å². The highest BCUT2D eigenvalue weighted by Crippen LogP contribution is 2.23. The van der Waals surface area contributed by atoms with E-state index in [2.05, 4.69) is 82.3 Å². The lowest BCUT2D eigenvalue weighted by molar-refractivity contribution is 0.266. The molecule has 1 aromatic heterocycles. The van der Waals surface area contributed by atoms with Gasteiger partial charge < -0.3 is 4.57 Å². The molecular formula is C17H15N3O. The number of rotatable bonds is 2. The summed E-state index contributed by atoms with van der Waals surface area (Å²) in [6.07, 6.45) is 2.09. The first-order valence-electron chi connectivity index (χ1n) is 6.69. The van der Waals surface area contributed by atoms with Crippen LogP contribution in [0.1, 0.15) is 0 Å². The van der Waals surface area contributed by atoms with Crippen molar-refractivity contribution in [3.05, 3.63) is 79.0 Å². The first-order chi connectivity index (χ1) is 10.3. The number of carbonyl (C=O) groups excluding carboxylic acids is 1. The number of hydrazine groups is 1. The lowest BCUT2D eigenvalue weighted by atomic mass is 10.1. The Balaban J connectivity index is 0.000000287. The Morgan fingerprint density at radius 1 is 0.714 bits per heavy atom. The van der Waals surface area contributed by atoms with Gasteiger partial charge in [-0.25, -0.2) is 15.6 Å². The zero-order valence-electron chi connectivity index (χ0n) is 11.4. The van der Waals surface area contributed by atoms with Crippen LogP contribution in [0, 0.1) is 0 Å². The van der Waals surface area contributed by atoms with Gasteiger partial charge in [0.25, 0.3) is 0 Å². The molecule has 0 saturated carbocycles. The zero-order chi connectivity index (χ0) is 14.5. The van der Waals surface area contributed by atoms with Gasteiger partial charge in [0.1, 0.15) is 0 Å². The molecule has 1 fully saturated rings. The van der Waals surface area contributed by atoms with Crippen molar-refractivity contribution in [1.82, 2.24) is 15.4 Å². The average Bonchev–Trinajstić information content (AvgIpc) is 3.19. The van der Waals surface area contributed by atoms with E-state index in [1.54, 1.807) is 0 Å². The van der Waals surface area contributed by atoms with Gasteiger partial charge in [0.2, 0.25) is 0 Å². The summed E-state index contributed by atoms with van der Waals surface area (Å²) in [4.78, 5) is 9.33. The fraction of sp³-hybridized carbons (Fsp3) is 0. The number of hydrogen-bond donors (Lipinski definition) is 2. The smallest absolute Gasteiger partial charge is 0.317 e. The normalized spacial score (nSPS) is 11.7. The predicted molar refractivity (Wildman–Crippen MR) is 82.9 cm³/mol. The third kappa shape index (κ3) is 3.30. The Morgan fingerprint density at radius 3 is 1.86 bits per heavy atom. The second-order valence-electron chi connectivity index (χ2n) is 4.54. The molecule has 0 atom stereocenters. The Hall–Kier alpha value is -3.01. The van der Waals surface area contributed by atoms with Crippen LogP contribution in [-0.4, -0.2) is 10.6 Å². The van der Waals surface area contributed by atoms with Crippen LogP contribution in [0.15, 0.2) is 79.0 Å². The molecule has 0 radical (unpaired) electrons. The molecule has 3 aromatic rings. The number of para-hydroxylation sites is 1. The van der Waals surface area contributed by atoms with Crippen LogP contribution in [0.3, 0.4) is 0 Å². The van der Waals surface area contributed by atoms with Crippen molar-refractivity contribution in [2.24, 2.45) is 0 Å². The van der Waals surface area contributed by atoms with Crippen LogP contribution in [-0.2, 0) is 0 Å². The Morgan fingerprint density at radius 2 is 1.29 bits per heavy atom. The monoisotopic (exact) mass is 277 g/mol. The molecule has 2 aromatic carbocycles. The Labute approximate surface area is 123 Å². The molecule has 4 rings (SSSR count). The van der Waals surface area contributed by atoms with E-state index in [1.165, 1.54) is 16.9 Å². The van der Waals surface area contributed by atoms with E-state index in [0.29, 0.717) is 0 Å². The van der Waals surface area contributed by atoms with Gasteiger partial charge in [-0.1, -0.05) is 48.5 Å². The molecule has 1 saturated heterocycles. The van der Waals surface area contributed by atoms with Gasteiger partial charge in [-0.3, -0.25) is 0 Å². The maximum atomic E-state index is 9.33. The predicted octanol–water partition coefficient (Wildman–Crippen LogP) is 3.36. The van der Waals surface area contributed by atoms with Crippen molar-refractivity contribution in [2.75, 3.05) is 0 Å². The van der Waals surface area contributed by atoms with E-state index < -0.39 is 0 Å². The summed E-state index contributed by atoms with van der Waals surface area (Å²) in [7, 11) is 0. The summed E-state index contributed by atoms with van der Waals surface area (Å²) in [6.45, 7) is 0. The summed E-state index contributed by atoms with van der Waals surface area (Å²) >= 11 is 0. The minimum Gasteiger partial charge on any atom is -0.317 e. The molecule has 2 amide bonds. The highest BCUT2D eigenvalue weighted by atomic mass is 16.2. The molecule has 0 aliphatic carbocycles. The van der Waals surface area contributed by atoms with Gasteiger partial charge >= 0.3 is 6.03 Å². The van der Waals surface area contributed by atoms with Gasteiger partial charge in [0.15, 0.2) is 0 Å². The number of nitrogens with zero attached hydrogens (tertiary/aromatic N) is 1. The fourth-order valence-electron chi connectivity index (χ4n) is 2.06. The molecule has 104 valence electrons. The molecule has 4 nitrogen and oxygen atoms in total. The van der Waals surface area contributed by atoms with E-state index in [0.717, 1.165) is 0 Å². The van der Waals surface area contributed by atoms with E-state index in [1.807, 2.05) is 12.1 Å². The lowest BCUT2D eigenvalue weighted by Gasteiger charge is -2.09. The van der Waals surface area contributed by atoms with Crippen LogP contribution < -0.4 is 10.9 Å². The Bertz CT molecular complexity index is 660. The second kappa shape index (κ2) is 5.96. The van der Waals surface area contributed by atoms with Crippen molar-refractivity contribution >= 4 is 6.03 Å². The molecule has 2 N–H and O–H groups in total. The van der Waals surface area contributed by atoms with E-state index in [-0.39, 0.29) is 6.03 Å². The topological polar surface area (TPSA) is 65.9 Å². The van der Waals surface area contributed by atoms with Crippen LogP contribution in [0.2, 0.25) is 0 Å². The van der Waals surface area contributed by atoms with Gasteiger partial charge in [-0.2, -0.15) is 0 Å². The quantitative estimate of drug-likeness (QED) is 0.693. The van der Waals surface area contributed by atoms with Crippen molar-refractivity contribution < 1.29 is 4.79 Å². The minimum atomic E-state index is -0.0833. The highest BCUT2D eigenvalue weighted by Gasteiger charge is 2.08. The summed E-state index contributed by atoms with van der Waals surface area (Å²) < 4.78 is 2.20. The number of amides is 2. The molecule has 0 unspecified atom stereocenters. The van der Waals surface area contributed by atoms with Crippen LogP contribution in [0.25, 0.3) is 16.9 Å². The molecule has 0 spiro atoms. The maximum absolute atomic E-state index is 9.33. The average molecular weight is 277 g/mol. The molecule has 21 heavy (non-hydrogen) atoms. The SMILES string of the molecule is O=C1NN1.c1ccc(-c2cccn2-c2ccccc2)cc1. The van der Waals surface area contributed by atoms with E-state index >= 15 is 0 Å². The summed E-state index contributed by atoms with van der Waals surface area (Å²) in [5.41, 5.74) is 8.06. The number of carbonyl (C=O) groups is 1. The van der Waals surface area contributed by atoms with E-state index in [9.17, 15) is 4.79 Å². The molecule has 1 aliphatic heterocycles. The van der Waals surface area contributed by atoms with Gasteiger partial charge in [-0.15, -0.1) is 0 Å². The number of hydrogen-bond acceptors (Lipinski definition) is 1. The molecule has 2 heterocycles. The van der Waals surface area contributed by atoms with Crippen molar-refractivity contribution in [2.45, 2.75) is 0 Å². The van der Waals surface area contributed by atoms with E-state index in [4.69, 9.17) is 0 Å². The summed E-state index contributed by atoms with van der Waals surface area (Å²) in [5.74, 6) is 0. The number of urea groups is 1. The molecular weight excluding hydrogens is 262 g/mol. The van der Waals surface area contributed by atoms with Crippen LogP contribution >= 0.6 is 0 Å². The Kier molecular flexibility index (Phi) is 3.69. The maximum Gasteiger partial charge on any atom is 0.352 e. The van der Waals surface area contributed by atoms with Crippen LogP contribution in [0.5, 0.6) is 0 Å². The van der Waals surface area contributed by atoms with Crippen molar-refractivity contribution in [3.63, 3.8) is 0 Å². The molecule has 1 aliphatic rings. The zero-order valence-corrected chi connectivity index (χ0v) is 11.4. The standard InChI is InChI=1S/C16H13N.CH2N2O/c1-3-8-14(9-4-1)16-12-7-13-17(16)15-10-5-2-6-11-15;4-1-2-3-1/h1-13H;(H2,2,3,4). The minimum absolute atomic E-state index is 0.0833. The lowest BCUT2D eigenvalue weighted by Crippen LogP contribution is -1.93. The fourth-order valence-corrected chi connectivity index (χ4v) is 2.06. The summed E-state index contributed by atoms with van der Waals surface area (Å²) in [5, 5.41) is 0. The van der Waals surface area contributed by atoms with Gasteiger partial charge in [0, 0.05) is 11.9 Å². The third-order valence-corrected chi connectivity index (χ3v) is 3.08. The van der Waals surface area contributed by atoms with Crippen molar-refractivity contribution in [1.29, 1.82) is 0 Å². The molecule has 0 bridgehead atoms. The summed E-state index contributed by atoms with van der Waals surface area (Å²) in [6, 6.07) is 25.0. The molecule has 4 heteroatoms. The number of benzene rings is 2. The first-order valence-corrected chi connectivity index (χ1v) is 6.69. The number of nitrogens with one attached hydrogen (secondary N) is 2. The highest BCUT2D eigenvalue weighted by molar-refractivity contribution is 5.85.